The van der Waals surface area contributed by atoms with E-state index in [1.165, 1.54) is 31.4 Å². The van der Waals surface area contributed by atoms with E-state index in [1.807, 2.05) is 13.1 Å². The van der Waals surface area contributed by atoms with Gasteiger partial charge in [-0.1, -0.05) is 38.5 Å². The summed E-state index contributed by atoms with van der Waals surface area (Å²) in [6, 6.07) is 8.92. The van der Waals surface area contributed by atoms with Crippen LogP contribution in [0.4, 0.5) is 0 Å². The van der Waals surface area contributed by atoms with Crippen molar-refractivity contribution in [1.29, 1.82) is 0 Å². The molecule has 1 aromatic carbocycles. The Balaban J connectivity index is 2.49. The molecule has 0 heterocycles. The van der Waals surface area contributed by atoms with Crippen LogP contribution in [0.1, 0.15) is 45.6 Å². The van der Waals surface area contributed by atoms with E-state index >= 15 is 0 Å². The highest BCUT2D eigenvalue weighted by atomic mass is 16.5. The molecule has 1 rings (SSSR count). The van der Waals surface area contributed by atoms with Crippen LogP contribution in [0, 0.1) is 0 Å². The molecule has 0 aliphatic carbocycles. The van der Waals surface area contributed by atoms with Crippen molar-refractivity contribution in [2.75, 3.05) is 26.7 Å². The van der Waals surface area contributed by atoms with Crippen molar-refractivity contribution in [2.45, 2.75) is 52.6 Å². The predicted molar refractivity (Wildman–Crippen MR) is 90.9 cm³/mol. The average Bonchev–Trinajstić information content (AvgIpc) is 2.51. The van der Waals surface area contributed by atoms with Crippen molar-refractivity contribution < 1.29 is 4.74 Å². The SMILES string of the molecule is CCCCN(CCOc1ccccc1CNC)C(C)CC. The molecule has 3 nitrogen and oxygen atoms in total. The quantitative estimate of drug-likeness (QED) is 0.673. The second-order valence-corrected chi connectivity index (χ2v) is 5.63. The van der Waals surface area contributed by atoms with Gasteiger partial charge in [-0.25, -0.2) is 0 Å². The van der Waals surface area contributed by atoms with Crippen LogP contribution in [0.5, 0.6) is 5.75 Å². The van der Waals surface area contributed by atoms with E-state index in [0.717, 1.165) is 25.4 Å². The number of ether oxygens (including phenoxy) is 1. The molecule has 0 amide bonds. The minimum absolute atomic E-state index is 0.632. The highest BCUT2D eigenvalue weighted by Gasteiger charge is 2.11. The molecule has 0 aliphatic heterocycles. The zero-order valence-corrected chi connectivity index (χ0v) is 14.2. The van der Waals surface area contributed by atoms with Crippen LogP contribution < -0.4 is 10.1 Å². The molecule has 1 aromatic rings. The van der Waals surface area contributed by atoms with Crippen LogP contribution >= 0.6 is 0 Å². The summed E-state index contributed by atoms with van der Waals surface area (Å²) in [5.41, 5.74) is 1.23. The summed E-state index contributed by atoms with van der Waals surface area (Å²) >= 11 is 0. The molecule has 0 aliphatic rings. The molecule has 21 heavy (non-hydrogen) atoms. The Morgan fingerprint density at radius 1 is 1.19 bits per heavy atom. The van der Waals surface area contributed by atoms with E-state index in [0.29, 0.717) is 6.04 Å². The maximum Gasteiger partial charge on any atom is 0.123 e. The van der Waals surface area contributed by atoms with Gasteiger partial charge in [0.25, 0.3) is 0 Å². The van der Waals surface area contributed by atoms with Gasteiger partial charge < -0.3 is 10.1 Å². The Morgan fingerprint density at radius 3 is 2.62 bits per heavy atom. The van der Waals surface area contributed by atoms with E-state index in [2.05, 4.69) is 49.2 Å². The van der Waals surface area contributed by atoms with Gasteiger partial charge >= 0.3 is 0 Å². The van der Waals surface area contributed by atoms with Gasteiger partial charge in [-0.2, -0.15) is 0 Å². The Hall–Kier alpha value is -1.06. The Labute approximate surface area is 130 Å². The summed E-state index contributed by atoms with van der Waals surface area (Å²) < 4.78 is 6.01. The average molecular weight is 292 g/mol. The van der Waals surface area contributed by atoms with Gasteiger partial charge in [-0.3, -0.25) is 4.90 Å². The van der Waals surface area contributed by atoms with Crippen LogP contribution in [-0.2, 0) is 6.54 Å². The fourth-order valence-electron chi connectivity index (χ4n) is 2.43. The molecule has 1 N–H and O–H groups in total. The van der Waals surface area contributed by atoms with Crippen LogP contribution in [0.15, 0.2) is 24.3 Å². The minimum atomic E-state index is 0.632. The lowest BCUT2D eigenvalue weighted by Gasteiger charge is -2.28. The number of benzene rings is 1. The lowest BCUT2D eigenvalue weighted by molar-refractivity contribution is 0.162. The third-order valence-corrected chi connectivity index (χ3v) is 3.99. The molecule has 0 saturated heterocycles. The molecule has 1 atom stereocenters. The number of hydrogen-bond acceptors (Lipinski definition) is 3. The maximum atomic E-state index is 6.01. The molecule has 0 aromatic heterocycles. The van der Waals surface area contributed by atoms with E-state index in [9.17, 15) is 0 Å². The van der Waals surface area contributed by atoms with Crippen molar-refractivity contribution in [3.8, 4) is 5.75 Å². The molecule has 120 valence electrons. The Bertz CT molecular complexity index is 381. The highest BCUT2D eigenvalue weighted by Crippen LogP contribution is 2.17. The molecule has 3 heteroatoms. The van der Waals surface area contributed by atoms with Crippen molar-refractivity contribution in [3.05, 3.63) is 29.8 Å². The van der Waals surface area contributed by atoms with Crippen LogP contribution in [0.25, 0.3) is 0 Å². The van der Waals surface area contributed by atoms with Crippen LogP contribution in [0.2, 0.25) is 0 Å². The Kier molecular flexibility index (Phi) is 9.11. The number of hydrogen-bond donors (Lipinski definition) is 1. The van der Waals surface area contributed by atoms with Gasteiger partial charge in [0, 0.05) is 24.7 Å². The van der Waals surface area contributed by atoms with Crippen molar-refractivity contribution in [3.63, 3.8) is 0 Å². The molecular formula is C18H32N2O. The molecule has 0 spiro atoms. The van der Waals surface area contributed by atoms with E-state index in [-0.39, 0.29) is 0 Å². The smallest absolute Gasteiger partial charge is 0.123 e. The van der Waals surface area contributed by atoms with Gasteiger partial charge in [-0.15, -0.1) is 0 Å². The summed E-state index contributed by atoms with van der Waals surface area (Å²) in [6.45, 7) is 10.6. The van der Waals surface area contributed by atoms with Crippen molar-refractivity contribution in [1.82, 2.24) is 10.2 Å². The first-order valence-corrected chi connectivity index (χ1v) is 8.32. The lowest BCUT2D eigenvalue weighted by atomic mass is 10.2. The van der Waals surface area contributed by atoms with Gasteiger partial charge in [0.15, 0.2) is 0 Å². The second-order valence-electron chi connectivity index (χ2n) is 5.63. The third-order valence-electron chi connectivity index (χ3n) is 3.99. The molecule has 0 fully saturated rings. The second kappa shape index (κ2) is 10.6. The summed E-state index contributed by atoms with van der Waals surface area (Å²) in [5, 5.41) is 3.19. The molecule has 0 saturated carbocycles. The lowest BCUT2D eigenvalue weighted by Crippen LogP contribution is -2.36. The van der Waals surface area contributed by atoms with E-state index < -0.39 is 0 Å². The van der Waals surface area contributed by atoms with Crippen LogP contribution in [-0.4, -0.2) is 37.7 Å². The van der Waals surface area contributed by atoms with Gasteiger partial charge in [0.05, 0.1) is 0 Å². The highest BCUT2D eigenvalue weighted by molar-refractivity contribution is 5.33. The topological polar surface area (TPSA) is 24.5 Å². The predicted octanol–water partition coefficient (Wildman–Crippen LogP) is 3.69. The molecular weight excluding hydrogens is 260 g/mol. The third kappa shape index (κ3) is 6.49. The summed E-state index contributed by atoms with van der Waals surface area (Å²) in [6.07, 6.45) is 3.71. The number of rotatable bonds is 11. The normalized spacial score (nSPS) is 12.6. The number of para-hydroxylation sites is 1. The van der Waals surface area contributed by atoms with Crippen molar-refractivity contribution >= 4 is 0 Å². The van der Waals surface area contributed by atoms with Gasteiger partial charge in [0.2, 0.25) is 0 Å². The van der Waals surface area contributed by atoms with Gasteiger partial charge in [0.1, 0.15) is 12.4 Å². The number of nitrogens with zero attached hydrogens (tertiary/aromatic N) is 1. The van der Waals surface area contributed by atoms with Crippen molar-refractivity contribution in [2.24, 2.45) is 0 Å². The number of unbranched alkanes of at least 4 members (excludes halogenated alkanes) is 1. The molecule has 1 unspecified atom stereocenters. The first-order chi connectivity index (χ1) is 10.2. The van der Waals surface area contributed by atoms with Gasteiger partial charge in [-0.05, 0) is 39.4 Å². The monoisotopic (exact) mass is 292 g/mol. The van der Waals surface area contributed by atoms with Crippen LogP contribution in [0.3, 0.4) is 0 Å². The minimum Gasteiger partial charge on any atom is -0.492 e. The van der Waals surface area contributed by atoms with E-state index in [1.54, 1.807) is 0 Å². The summed E-state index contributed by atoms with van der Waals surface area (Å²) in [4.78, 5) is 2.55. The maximum absolute atomic E-state index is 6.01. The zero-order chi connectivity index (χ0) is 15.5. The Morgan fingerprint density at radius 2 is 1.95 bits per heavy atom. The zero-order valence-electron chi connectivity index (χ0n) is 14.2. The number of nitrogens with one attached hydrogen (secondary N) is 1. The molecule has 0 radical (unpaired) electrons. The standard InChI is InChI=1S/C18H32N2O/c1-5-7-12-20(16(3)6-2)13-14-21-18-11-9-8-10-17(18)15-19-4/h8-11,16,19H,5-7,12-15H2,1-4H3. The largest absolute Gasteiger partial charge is 0.492 e. The fraction of sp³-hybridized carbons (Fsp3) is 0.667. The summed E-state index contributed by atoms with van der Waals surface area (Å²) in [7, 11) is 1.96. The first kappa shape index (κ1) is 18.0. The summed E-state index contributed by atoms with van der Waals surface area (Å²) in [5.74, 6) is 1.01. The molecule has 0 bridgehead atoms. The fourth-order valence-corrected chi connectivity index (χ4v) is 2.43. The van der Waals surface area contributed by atoms with E-state index in [4.69, 9.17) is 4.74 Å². The first-order valence-electron chi connectivity index (χ1n) is 8.32.